The number of hydrogen-bond donors (Lipinski definition) is 1. The van der Waals surface area contributed by atoms with E-state index in [1.165, 1.54) is 60.8 Å². The van der Waals surface area contributed by atoms with Crippen molar-refractivity contribution in [3.8, 4) is 0 Å². The third-order valence-electron chi connectivity index (χ3n) is 6.07. The highest BCUT2D eigenvalue weighted by Crippen LogP contribution is 2.36. The second-order valence-corrected chi connectivity index (χ2v) is 9.88. The summed E-state index contributed by atoms with van der Waals surface area (Å²) in [5.74, 6) is 0.885. The lowest BCUT2D eigenvalue weighted by Crippen LogP contribution is -2.34. The fraction of sp³-hybridized carbons (Fsp3) is 0.600. The lowest BCUT2D eigenvalue weighted by molar-refractivity contribution is 0.420. The van der Waals surface area contributed by atoms with Crippen LogP contribution in [-0.2, 0) is 0 Å². The average molecular weight is 496 g/mol. The van der Waals surface area contributed by atoms with Crippen LogP contribution in [0, 0.1) is 6.92 Å². The molecule has 1 saturated carbocycles. The molecule has 0 spiro atoms. The largest absolute Gasteiger partial charge is 0.310 e. The van der Waals surface area contributed by atoms with Gasteiger partial charge in [-0.15, -0.1) is 0 Å². The molecular formula is C35H61N. The molecule has 0 bridgehead atoms. The van der Waals surface area contributed by atoms with Crippen molar-refractivity contribution in [3.05, 3.63) is 83.0 Å². The summed E-state index contributed by atoms with van der Waals surface area (Å²) in [7, 11) is 0. The number of hydrogen-bond acceptors (Lipinski definition) is 1. The van der Waals surface area contributed by atoms with E-state index in [-0.39, 0.29) is 0 Å². The monoisotopic (exact) mass is 495 g/mol. The molecule has 1 fully saturated rings. The van der Waals surface area contributed by atoms with Crippen LogP contribution < -0.4 is 5.32 Å². The molecule has 1 N–H and O–H groups in total. The molecule has 1 nitrogen and oxygen atoms in total. The van der Waals surface area contributed by atoms with Gasteiger partial charge in [0.05, 0.1) is 0 Å². The predicted molar refractivity (Wildman–Crippen MR) is 168 cm³/mol. The number of benzene rings is 1. The van der Waals surface area contributed by atoms with Crippen LogP contribution in [0.3, 0.4) is 0 Å². The van der Waals surface area contributed by atoms with E-state index in [4.69, 9.17) is 0 Å². The van der Waals surface area contributed by atoms with Gasteiger partial charge in [0.25, 0.3) is 0 Å². The van der Waals surface area contributed by atoms with Gasteiger partial charge >= 0.3 is 0 Å². The van der Waals surface area contributed by atoms with Gasteiger partial charge in [0.2, 0.25) is 0 Å². The number of rotatable bonds is 6. The van der Waals surface area contributed by atoms with Crippen LogP contribution in [0.4, 0.5) is 0 Å². The summed E-state index contributed by atoms with van der Waals surface area (Å²) in [6.07, 6.45) is 14.2. The topological polar surface area (TPSA) is 12.0 Å². The summed E-state index contributed by atoms with van der Waals surface area (Å²) in [5, 5.41) is 3.48. The molecule has 0 radical (unpaired) electrons. The van der Waals surface area contributed by atoms with E-state index in [1.54, 1.807) is 5.56 Å². The van der Waals surface area contributed by atoms with Gasteiger partial charge in [0, 0.05) is 6.04 Å². The molecule has 1 heterocycles. The van der Waals surface area contributed by atoms with Crippen LogP contribution in [0.25, 0.3) is 0 Å². The molecule has 1 unspecified atom stereocenters. The summed E-state index contributed by atoms with van der Waals surface area (Å²) < 4.78 is 0. The van der Waals surface area contributed by atoms with Crippen molar-refractivity contribution >= 4 is 0 Å². The Morgan fingerprint density at radius 2 is 1.56 bits per heavy atom. The SMILES string of the molecule is C=C(C)/C=C/CC.C=C(CCC)C1=C(C)CCNC1C.CC.CCC.Cc1ccc(C2CCC2)cc1. The van der Waals surface area contributed by atoms with E-state index in [2.05, 4.69) is 97.3 Å². The molecule has 1 aromatic rings. The highest BCUT2D eigenvalue weighted by atomic mass is 14.9. The van der Waals surface area contributed by atoms with Gasteiger partial charge in [-0.3, -0.25) is 0 Å². The molecule has 0 amide bonds. The van der Waals surface area contributed by atoms with E-state index in [0.717, 1.165) is 30.9 Å². The Bertz CT molecular complexity index is 743. The highest BCUT2D eigenvalue weighted by Gasteiger charge is 2.19. The fourth-order valence-corrected chi connectivity index (χ4v) is 4.03. The first-order valence-electron chi connectivity index (χ1n) is 14.7. The Balaban J connectivity index is 0. The summed E-state index contributed by atoms with van der Waals surface area (Å²) in [6, 6.07) is 9.49. The van der Waals surface area contributed by atoms with Crippen molar-refractivity contribution in [3.63, 3.8) is 0 Å². The maximum Gasteiger partial charge on any atom is 0.0293 e. The Morgan fingerprint density at radius 3 is 1.92 bits per heavy atom. The molecule has 1 heteroatoms. The third kappa shape index (κ3) is 16.7. The number of nitrogens with one attached hydrogen (secondary N) is 1. The molecule has 0 saturated heterocycles. The summed E-state index contributed by atoms with van der Waals surface area (Å²) >= 11 is 0. The van der Waals surface area contributed by atoms with Crippen molar-refractivity contribution in [2.75, 3.05) is 6.54 Å². The number of aryl methyl sites for hydroxylation is 1. The molecule has 1 aliphatic heterocycles. The van der Waals surface area contributed by atoms with Gasteiger partial charge in [-0.25, -0.2) is 0 Å². The molecule has 1 atom stereocenters. The molecular weight excluding hydrogens is 434 g/mol. The minimum absolute atomic E-state index is 0.507. The Morgan fingerprint density at radius 1 is 1.00 bits per heavy atom. The summed E-state index contributed by atoms with van der Waals surface area (Å²) in [5.41, 5.74) is 8.38. The van der Waals surface area contributed by atoms with Crippen LogP contribution in [0.2, 0.25) is 0 Å². The Kier molecular flexibility index (Phi) is 23.7. The van der Waals surface area contributed by atoms with Gasteiger partial charge < -0.3 is 5.32 Å². The molecule has 36 heavy (non-hydrogen) atoms. The van der Waals surface area contributed by atoms with Crippen LogP contribution in [0.5, 0.6) is 0 Å². The quantitative estimate of drug-likeness (QED) is 0.387. The minimum atomic E-state index is 0.507. The maximum absolute atomic E-state index is 4.17. The zero-order chi connectivity index (χ0) is 27.9. The standard InChI is InChI=1S/C12H21N.C11H14.C7H12.C3H8.C2H6/c1-5-6-9(2)12-10(3)7-8-13-11(12)4;1-9-5-7-11(8-6-9)10-3-2-4-10;1-4-5-6-7(2)3;1-3-2;1-2/h11,13H,2,5-8H2,1,3-4H3;5-8,10H,2-4H2,1H3;5-6H,2,4H2,1,3H3;3H2,1-2H3;1-2H3/b;;6-5+;;. The summed E-state index contributed by atoms with van der Waals surface area (Å²) in [4.78, 5) is 0. The van der Waals surface area contributed by atoms with Gasteiger partial charge in [-0.05, 0) is 83.4 Å². The molecule has 3 rings (SSSR count). The normalized spacial score (nSPS) is 16.6. The fourth-order valence-electron chi connectivity index (χ4n) is 4.03. The zero-order valence-corrected chi connectivity index (χ0v) is 25.9. The van der Waals surface area contributed by atoms with E-state index in [1.807, 2.05) is 26.8 Å². The number of allylic oxidation sites excluding steroid dienone is 3. The summed E-state index contributed by atoms with van der Waals surface area (Å²) in [6.45, 7) is 30.2. The molecule has 206 valence electrons. The first-order chi connectivity index (χ1) is 17.2. The third-order valence-corrected chi connectivity index (χ3v) is 6.07. The van der Waals surface area contributed by atoms with Gasteiger partial charge in [-0.1, -0.05) is 133 Å². The molecule has 0 aromatic heterocycles. The Labute approximate surface area is 227 Å². The van der Waals surface area contributed by atoms with E-state index in [9.17, 15) is 0 Å². The van der Waals surface area contributed by atoms with Crippen molar-refractivity contribution in [2.24, 2.45) is 0 Å². The van der Waals surface area contributed by atoms with Crippen molar-refractivity contribution in [2.45, 2.75) is 133 Å². The zero-order valence-electron chi connectivity index (χ0n) is 25.9. The first-order valence-corrected chi connectivity index (χ1v) is 14.7. The van der Waals surface area contributed by atoms with Crippen molar-refractivity contribution in [1.82, 2.24) is 5.32 Å². The van der Waals surface area contributed by atoms with Crippen LogP contribution >= 0.6 is 0 Å². The first kappa shape index (κ1) is 36.3. The maximum atomic E-state index is 4.17. The van der Waals surface area contributed by atoms with Gasteiger partial charge in [-0.2, -0.15) is 0 Å². The minimum Gasteiger partial charge on any atom is -0.310 e. The molecule has 1 aromatic carbocycles. The molecule has 2 aliphatic rings. The lowest BCUT2D eigenvalue weighted by Gasteiger charge is -2.27. The Hall–Kier alpha value is -1.86. The second kappa shape index (κ2) is 23.5. The van der Waals surface area contributed by atoms with Gasteiger partial charge in [0.1, 0.15) is 0 Å². The smallest absolute Gasteiger partial charge is 0.0293 e. The van der Waals surface area contributed by atoms with E-state index in [0.29, 0.717) is 6.04 Å². The average Bonchev–Trinajstić information content (AvgIpc) is 2.81. The van der Waals surface area contributed by atoms with Crippen LogP contribution in [0.1, 0.15) is 131 Å². The predicted octanol–water partition coefficient (Wildman–Crippen LogP) is 11.3. The van der Waals surface area contributed by atoms with E-state index < -0.39 is 0 Å². The van der Waals surface area contributed by atoms with E-state index >= 15 is 0 Å². The van der Waals surface area contributed by atoms with Crippen LogP contribution in [-0.4, -0.2) is 12.6 Å². The van der Waals surface area contributed by atoms with Crippen LogP contribution in [0.15, 0.2) is 71.9 Å². The van der Waals surface area contributed by atoms with Gasteiger partial charge in [0.15, 0.2) is 0 Å². The van der Waals surface area contributed by atoms with Crippen molar-refractivity contribution in [1.29, 1.82) is 0 Å². The molecule has 1 aliphatic carbocycles. The highest BCUT2D eigenvalue weighted by molar-refractivity contribution is 5.38. The van der Waals surface area contributed by atoms with Crippen molar-refractivity contribution < 1.29 is 0 Å². The second-order valence-electron chi connectivity index (χ2n) is 9.88. The lowest BCUT2D eigenvalue weighted by atomic mass is 9.80.